The van der Waals surface area contributed by atoms with Gasteiger partial charge in [-0.3, -0.25) is 4.98 Å². The highest BCUT2D eigenvalue weighted by Crippen LogP contribution is 2.28. The van der Waals surface area contributed by atoms with Gasteiger partial charge in [0.15, 0.2) is 0 Å². The predicted molar refractivity (Wildman–Crippen MR) is 81.7 cm³/mol. The third kappa shape index (κ3) is 2.45. The van der Waals surface area contributed by atoms with Gasteiger partial charge in [-0.05, 0) is 38.2 Å². The summed E-state index contributed by atoms with van der Waals surface area (Å²) in [5.74, 6) is 1.88. The number of nitrogens with zero attached hydrogens (tertiary/aromatic N) is 1. The van der Waals surface area contributed by atoms with Crippen LogP contribution in [-0.4, -0.2) is 18.1 Å². The molecule has 1 aromatic carbocycles. The molecule has 0 radical (unpaired) electrons. The Hall–Kier alpha value is -2.13. The molecule has 0 aliphatic heterocycles. The van der Waals surface area contributed by atoms with Crippen LogP contribution in [0.5, 0.6) is 0 Å². The van der Waals surface area contributed by atoms with Gasteiger partial charge < -0.3 is 9.73 Å². The molecule has 0 aliphatic rings. The number of hydrogen-bond donors (Lipinski definition) is 1. The number of para-hydroxylation sites is 1. The normalized spacial score (nSPS) is 12.7. The summed E-state index contributed by atoms with van der Waals surface area (Å²) in [4.78, 5) is 4.47. The fourth-order valence-electron chi connectivity index (χ4n) is 2.34. The minimum Gasteiger partial charge on any atom is -0.461 e. The summed E-state index contributed by atoms with van der Waals surface area (Å²) in [5.41, 5.74) is 2.03. The Kier molecular flexibility index (Phi) is 3.52. The van der Waals surface area contributed by atoms with Crippen molar-refractivity contribution in [3.8, 4) is 11.3 Å². The first-order chi connectivity index (χ1) is 9.78. The van der Waals surface area contributed by atoms with Gasteiger partial charge in [0.25, 0.3) is 0 Å². The molecule has 0 fully saturated rings. The SMILES string of the molecule is CNC(C)Cc1ccc(-c2cccc3cccnc23)o1. The second-order valence-electron chi connectivity index (χ2n) is 5.04. The number of likely N-dealkylation sites (N-methyl/N-ethyl adjacent to an activating group) is 1. The summed E-state index contributed by atoms with van der Waals surface area (Å²) in [7, 11) is 1.96. The number of benzene rings is 1. The van der Waals surface area contributed by atoms with Crippen LogP contribution in [0, 0.1) is 0 Å². The van der Waals surface area contributed by atoms with Gasteiger partial charge in [0, 0.05) is 29.6 Å². The van der Waals surface area contributed by atoms with Crippen molar-refractivity contribution in [2.75, 3.05) is 7.05 Å². The van der Waals surface area contributed by atoms with Gasteiger partial charge >= 0.3 is 0 Å². The Morgan fingerprint density at radius 3 is 2.85 bits per heavy atom. The number of hydrogen-bond acceptors (Lipinski definition) is 3. The smallest absolute Gasteiger partial charge is 0.136 e. The fraction of sp³-hybridized carbons (Fsp3) is 0.235. The van der Waals surface area contributed by atoms with Gasteiger partial charge in [-0.2, -0.15) is 0 Å². The van der Waals surface area contributed by atoms with Crippen molar-refractivity contribution in [3.05, 3.63) is 54.4 Å². The van der Waals surface area contributed by atoms with Gasteiger partial charge in [0.05, 0.1) is 5.52 Å². The summed E-state index contributed by atoms with van der Waals surface area (Å²) in [5, 5.41) is 4.35. The van der Waals surface area contributed by atoms with Crippen molar-refractivity contribution in [3.63, 3.8) is 0 Å². The topological polar surface area (TPSA) is 38.1 Å². The average molecular weight is 266 g/mol. The Morgan fingerprint density at radius 2 is 2.00 bits per heavy atom. The second kappa shape index (κ2) is 5.47. The van der Waals surface area contributed by atoms with E-state index < -0.39 is 0 Å². The molecule has 1 atom stereocenters. The quantitative estimate of drug-likeness (QED) is 0.783. The van der Waals surface area contributed by atoms with Crippen LogP contribution in [0.1, 0.15) is 12.7 Å². The predicted octanol–water partition coefficient (Wildman–Crippen LogP) is 3.65. The molecule has 0 spiro atoms. The highest BCUT2D eigenvalue weighted by Gasteiger charge is 2.10. The zero-order chi connectivity index (χ0) is 13.9. The molecule has 0 bridgehead atoms. The minimum atomic E-state index is 0.402. The maximum atomic E-state index is 5.97. The van der Waals surface area contributed by atoms with Crippen LogP contribution in [0.25, 0.3) is 22.2 Å². The maximum Gasteiger partial charge on any atom is 0.136 e. The molecular formula is C17H18N2O. The lowest BCUT2D eigenvalue weighted by molar-refractivity contribution is 0.481. The van der Waals surface area contributed by atoms with E-state index in [4.69, 9.17) is 4.42 Å². The van der Waals surface area contributed by atoms with E-state index >= 15 is 0 Å². The molecule has 102 valence electrons. The molecule has 3 aromatic rings. The molecule has 2 aromatic heterocycles. The molecule has 1 unspecified atom stereocenters. The van der Waals surface area contributed by atoms with Crippen molar-refractivity contribution in [1.82, 2.24) is 10.3 Å². The second-order valence-corrected chi connectivity index (χ2v) is 5.04. The van der Waals surface area contributed by atoms with E-state index in [0.29, 0.717) is 6.04 Å². The van der Waals surface area contributed by atoms with Crippen LogP contribution in [0.15, 0.2) is 53.1 Å². The average Bonchev–Trinajstić information content (AvgIpc) is 2.94. The molecule has 0 saturated heterocycles. The number of furan rings is 1. The molecule has 0 amide bonds. The van der Waals surface area contributed by atoms with E-state index in [1.165, 1.54) is 0 Å². The van der Waals surface area contributed by atoms with E-state index in [1.807, 2.05) is 37.5 Å². The van der Waals surface area contributed by atoms with Crippen LogP contribution < -0.4 is 5.32 Å². The van der Waals surface area contributed by atoms with Crippen LogP contribution in [0.2, 0.25) is 0 Å². The lowest BCUT2D eigenvalue weighted by atomic mass is 10.1. The standard InChI is InChI=1S/C17H18N2O/c1-12(18-2)11-14-8-9-16(20-14)15-7-3-5-13-6-4-10-19-17(13)15/h3-10,12,18H,11H2,1-2H3. The maximum absolute atomic E-state index is 5.97. The zero-order valence-corrected chi connectivity index (χ0v) is 11.8. The Bertz CT molecular complexity index is 712. The highest BCUT2D eigenvalue weighted by atomic mass is 16.3. The third-order valence-corrected chi connectivity index (χ3v) is 3.56. The number of pyridine rings is 1. The molecule has 1 N–H and O–H groups in total. The van der Waals surface area contributed by atoms with Crippen LogP contribution in [0.3, 0.4) is 0 Å². The molecule has 0 aliphatic carbocycles. The van der Waals surface area contributed by atoms with Gasteiger partial charge in [0.1, 0.15) is 11.5 Å². The molecule has 0 saturated carbocycles. The number of rotatable bonds is 4. The monoisotopic (exact) mass is 266 g/mol. The zero-order valence-electron chi connectivity index (χ0n) is 11.8. The van der Waals surface area contributed by atoms with E-state index in [1.54, 1.807) is 0 Å². The minimum absolute atomic E-state index is 0.402. The first-order valence-corrected chi connectivity index (χ1v) is 6.88. The van der Waals surface area contributed by atoms with E-state index in [9.17, 15) is 0 Å². The molecule has 3 nitrogen and oxygen atoms in total. The molecule has 3 heteroatoms. The third-order valence-electron chi connectivity index (χ3n) is 3.56. The molecule has 2 heterocycles. The Balaban J connectivity index is 1.99. The summed E-state index contributed by atoms with van der Waals surface area (Å²) in [6.45, 7) is 2.14. The Labute approximate surface area is 118 Å². The summed E-state index contributed by atoms with van der Waals surface area (Å²) in [6.07, 6.45) is 2.70. The fourth-order valence-corrected chi connectivity index (χ4v) is 2.34. The summed E-state index contributed by atoms with van der Waals surface area (Å²) in [6, 6.07) is 14.7. The lowest BCUT2D eigenvalue weighted by Crippen LogP contribution is -2.23. The van der Waals surface area contributed by atoms with Crippen molar-refractivity contribution in [1.29, 1.82) is 0 Å². The van der Waals surface area contributed by atoms with Gasteiger partial charge in [-0.15, -0.1) is 0 Å². The van der Waals surface area contributed by atoms with Gasteiger partial charge in [0.2, 0.25) is 0 Å². The van der Waals surface area contributed by atoms with Crippen LogP contribution in [-0.2, 0) is 6.42 Å². The van der Waals surface area contributed by atoms with Gasteiger partial charge in [-0.1, -0.05) is 18.2 Å². The molecular weight excluding hydrogens is 248 g/mol. The van der Waals surface area contributed by atoms with Crippen molar-refractivity contribution in [2.24, 2.45) is 0 Å². The Morgan fingerprint density at radius 1 is 1.15 bits per heavy atom. The largest absolute Gasteiger partial charge is 0.461 e. The van der Waals surface area contributed by atoms with E-state index in [2.05, 4.69) is 35.4 Å². The number of nitrogens with one attached hydrogen (secondary N) is 1. The molecule has 3 rings (SSSR count). The summed E-state index contributed by atoms with van der Waals surface area (Å²) < 4.78 is 5.97. The van der Waals surface area contributed by atoms with Crippen molar-refractivity contribution in [2.45, 2.75) is 19.4 Å². The summed E-state index contributed by atoms with van der Waals surface area (Å²) >= 11 is 0. The van der Waals surface area contributed by atoms with E-state index in [0.717, 1.165) is 34.4 Å². The number of aromatic nitrogens is 1. The number of fused-ring (bicyclic) bond motifs is 1. The van der Waals surface area contributed by atoms with Crippen LogP contribution >= 0.6 is 0 Å². The van der Waals surface area contributed by atoms with Crippen molar-refractivity contribution < 1.29 is 4.42 Å². The lowest BCUT2D eigenvalue weighted by Gasteiger charge is -2.07. The van der Waals surface area contributed by atoms with E-state index in [-0.39, 0.29) is 0 Å². The van der Waals surface area contributed by atoms with Gasteiger partial charge in [-0.25, -0.2) is 0 Å². The highest BCUT2D eigenvalue weighted by molar-refractivity contribution is 5.92. The van der Waals surface area contributed by atoms with Crippen molar-refractivity contribution >= 4 is 10.9 Å². The molecule has 20 heavy (non-hydrogen) atoms. The first kappa shape index (κ1) is 12.9. The first-order valence-electron chi connectivity index (χ1n) is 6.88. The van der Waals surface area contributed by atoms with Crippen LogP contribution in [0.4, 0.5) is 0 Å².